The smallest absolute Gasteiger partial charge is 0.475 e. The van der Waals surface area contributed by atoms with Crippen LogP contribution in [0.2, 0.25) is 5.02 Å². The van der Waals surface area contributed by atoms with Crippen molar-refractivity contribution in [2.75, 3.05) is 43.4 Å². The summed E-state index contributed by atoms with van der Waals surface area (Å²) in [5, 5.41) is 17.8. The topological polar surface area (TPSA) is 150 Å². The maximum Gasteiger partial charge on any atom is 0.490 e. The van der Waals surface area contributed by atoms with Crippen molar-refractivity contribution >= 4 is 35.4 Å². The predicted octanol–water partition coefficient (Wildman–Crippen LogP) is 2.73. The number of H-pyrrole nitrogens is 1. The fourth-order valence-corrected chi connectivity index (χ4v) is 4.74. The van der Waals surface area contributed by atoms with Crippen LogP contribution in [0.25, 0.3) is 0 Å². The first kappa shape index (κ1) is 31.4. The summed E-state index contributed by atoms with van der Waals surface area (Å²) < 4.78 is 37.8. The van der Waals surface area contributed by atoms with Crippen LogP contribution in [0.5, 0.6) is 0 Å². The van der Waals surface area contributed by atoms with E-state index < -0.39 is 18.2 Å². The van der Waals surface area contributed by atoms with E-state index in [0.717, 1.165) is 37.4 Å². The molecule has 2 aliphatic heterocycles. The molecule has 2 saturated heterocycles. The summed E-state index contributed by atoms with van der Waals surface area (Å²) in [7, 11) is 0. The van der Waals surface area contributed by atoms with Crippen LogP contribution in [-0.4, -0.2) is 94.2 Å². The number of nitrogens with one attached hydrogen (secondary N) is 2. The molecule has 2 fully saturated rings. The quantitative estimate of drug-likeness (QED) is 0.382. The van der Waals surface area contributed by atoms with Crippen LogP contribution in [0.4, 0.5) is 25.1 Å². The fourth-order valence-electron chi connectivity index (χ4n) is 4.61. The standard InChI is InChI=1S/C23H34ClN7O2.C2HF3O2/c1-15(2)12-26-21(32)20-13-31(19(14-33-20)11-16-3-5-17(24)6-4-16)18-7-9-30(10-8-18)23-27-22(25)28-29-23;3-2(4,5)1(6)7/h3-6,15,18-20H,7-14H2,1-2H3,(H,26,32)(H3,25,27,28,29);(H,6,7). The molecule has 15 heteroatoms. The number of carbonyl (C=O) groups excluding carboxylic acids is 1. The molecular weight excluding hydrogens is 555 g/mol. The van der Waals surface area contributed by atoms with Crippen LogP contribution < -0.4 is 16.0 Å². The first-order valence-corrected chi connectivity index (χ1v) is 13.3. The number of carboxylic acids is 1. The largest absolute Gasteiger partial charge is 0.490 e. The second-order valence-corrected chi connectivity index (χ2v) is 10.6. The molecule has 2 atom stereocenters. The van der Waals surface area contributed by atoms with Gasteiger partial charge >= 0.3 is 12.1 Å². The van der Waals surface area contributed by atoms with E-state index in [0.29, 0.717) is 43.6 Å². The van der Waals surface area contributed by atoms with Gasteiger partial charge in [-0.1, -0.05) is 37.6 Å². The average Bonchev–Trinajstić information content (AvgIpc) is 3.35. The lowest BCUT2D eigenvalue weighted by Crippen LogP contribution is -2.60. The molecule has 0 radical (unpaired) electrons. The number of nitrogens with two attached hydrogens (primary N) is 1. The number of alkyl halides is 3. The number of amides is 1. The minimum absolute atomic E-state index is 0.0210. The fraction of sp³-hybridized carbons (Fsp3) is 0.600. The molecule has 2 unspecified atom stereocenters. The van der Waals surface area contributed by atoms with Crippen LogP contribution in [0, 0.1) is 5.92 Å². The molecule has 3 heterocycles. The van der Waals surface area contributed by atoms with E-state index in [2.05, 4.69) is 56.3 Å². The monoisotopic (exact) mass is 589 g/mol. The van der Waals surface area contributed by atoms with Crippen molar-refractivity contribution in [3.8, 4) is 0 Å². The Morgan fingerprint density at radius 2 is 1.88 bits per heavy atom. The lowest BCUT2D eigenvalue weighted by molar-refractivity contribution is -0.192. The number of aliphatic carboxylic acids is 1. The lowest BCUT2D eigenvalue weighted by atomic mass is 9.96. The first-order chi connectivity index (χ1) is 18.8. The summed E-state index contributed by atoms with van der Waals surface area (Å²) in [5.74, 6) is -1.39. The van der Waals surface area contributed by atoms with E-state index in [4.69, 9.17) is 32.0 Å². The molecule has 2 aliphatic rings. The number of rotatable bonds is 7. The van der Waals surface area contributed by atoms with E-state index in [9.17, 15) is 18.0 Å². The van der Waals surface area contributed by atoms with Crippen LogP contribution in [0.15, 0.2) is 24.3 Å². The van der Waals surface area contributed by atoms with E-state index in [1.54, 1.807) is 0 Å². The number of anilines is 2. The van der Waals surface area contributed by atoms with Crippen molar-refractivity contribution in [2.45, 2.75) is 57.5 Å². The Balaban J connectivity index is 0.000000559. The Morgan fingerprint density at radius 1 is 1.25 bits per heavy atom. The number of aromatic amines is 1. The Morgan fingerprint density at radius 3 is 2.40 bits per heavy atom. The number of nitrogen functional groups attached to an aromatic ring is 1. The molecule has 0 saturated carbocycles. The Bertz CT molecular complexity index is 1110. The van der Waals surface area contributed by atoms with Gasteiger partial charge in [0.2, 0.25) is 17.8 Å². The second-order valence-electron chi connectivity index (χ2n) is 10.2. The minimum Gasteiger partial charge on any atom is -0.475 e. The summed E-state index contributed by atoms with van der Waals surface area (Å²) in [5.41, 5.74) is 6.91. The molecule has 1 amide bonds. The number of piperidine rings is 1. The number of morpholine rings is 1. The van der Waals surface area contributed by atoms with E-state index in [-0.39, 0.29) is 11.9 Å². The molecule has 1 aromatic carbocycles. The summed E-state index contributed by atoms with van der Waals surface area (Å²) in [6.07, 6.45) is -2.75. The van der Waals surface area contributed by atoms with Crippen LogP contribution >= 0.6 is 11.6 Å². The molecular formula is C25H35ClF3N7O4. The predicted molar refractivity (Wildman–Crippen MR) is 143 cm³/mol. The lowest BCUT2D eigenvalue weighted by Gasteiger charge is -2.46. The third-order valence-corrected chi connectivity index (χ3v) is 6.90. The summed E-state index contributed by atoms with van der Waals surface area (Å²) in [6.45, 7) is 7.65. The Hall–Kier alpha value is -3.10. The van der Waals surface area contributed by atoms with Gasteiger partial charge in [-0.15, -0.1) is 5.10 Å². The number of carboxylic acid groups (broad SMARTS) is 1. The average molecular weight is 590 g/mol. The Kier molecular flexibility index (Phi) is 11.0. The van der Waals surface area contributed by atoms with Crippen molar-refractivity contribution in [1.82, 2.24) is 25.4 Å². The van der Waals surface area contributed by atoms with Crippen molar-refractivity contribution in [1.29, 1.82) is 0 Å². The van der Waals surface area contributed by atoms with Crippen molar-refractivity contribution in [3.05, 3.63) is 34.9 Å². The molecule has 1 aromatic heterocycles. The zero-order valence-electron chi connectivity index (χ0n) is 22.3. The van der Waals surface area contributed by atoms with Crippen LogP contribution in [0.1, 0.15) is 32.3 Å². The second kappa shape index (κ2) is 14.0. The van der Waals surface area contributed by atoms with Gasteiger partial charge in [0.1, 0.15) is 6.10 Å². The number of benzene rings is 1. The van der Waals surface area contributed by atoms with Gasteiger partial charge in [0.15, 0.2) is 0 Å². The van der Waals surface area contributed by atoms with Gasteiger partial charge in [-0.05, 0) is 42.9 Å². The number of halogens is 4. The highest BCUT2D eigenvalue weighted by atomic mass is 35.5. The highest BCUT2D eigenvalue weighted by Crippen LogP contribution is 2.27. The van der Waals surface area contributed by atoms with Gasteiger partial charge in [0.05, 0.1) is 6.61 Å². The number of hydrogen-bond acceptors (Lipinski definition) is 8. The minimum atomic E-state index is -5.08. The van der Waals surface area contributed by atoms with Gasteiger partial charge in [-0.2, -0.15) is 18.2 Å². The molecule has 0 bridgehead atoms. The number of carbonyl (C=O) groups is 2. The van der Waals surface area contributed by atoms with E-state index >= 15 is 0 Å². The van der Waals surface area contributed by atoms with Gasteiger partial charge in [-0.25, -0.2) is 9.89 Å². The summed E-state index contributed by atoms with van der Waals surface area (Å²) in [4.78, 5) is 30.6. The zero-order chi connectivity index (χ0) is 29.4. The summed E-state index contributed by atoms with van der Waals surface area (Å²) in [6, 6.07) is 8.55. The maximum absolute atomic E-state index is 12.8. The maximum atomic E-state index is 12.8. The highest BCUT2D eigenvalue weighted by molar-refractivity contribution is 6.30. The molecule has 4 rings (SSSR count). The number of aromatic nitrogens is 3. The highest BCUT2D eigenvalue weighted by Gasteiger charge is 2.39. The van der Waals surface area contributed by atoms with Gasteiger partial charge < -0.3 is 25.8 Å². The molecule has 2 aromatic rings. The number of nitrogens with zero attached hydrogens (tertiary/aromatic N) is 4. The van der Waals surface area contributed by atoms with Gasteiger partial charge in [0, 0.05) is 43.3 Å². The van der Waals surface area contributed by atoms with Crippen molar-refractivity contribution in [2.24, 2.45) is 5.92 Å². The molecule has 0 aliphatic carbocycles. The third kappa shape index (κ3) is 9.24. The van der Waals surface area contributed by atoms with Gasteiger partial charge in [-0.3, -0.25) is 9.69 Å². The van der Waals surface area contributed by atoms with Crippen LogP contribution in [-0.2, 0) is 20.7 Å². The van der Waals surface area contributed by atoms with E-state index in [1.165, 1.54) is 5.56 Å². The number of ether oxygens (including phenoxy) is 1. The molecule has 222 valence electrons. The SMILES string of the molecule is CC(C)CNC(=O)C1CN(C2CCN(c3n[nH]c(N)n3)CC2)C(Cc2ccc(Cl)cc2)CO1.O=C(O)C(F)(F)F. The zero-order valence-corrected chi connectivity index (χ0v) is 23.1. The van der Waals surface area contributed by atoms with Crippen molar-refractivity contribution < 1.29 is 32.6 Å². The number of hydrogen-bond donors (Lipinski definition) is 4. The Labute approximate surface area is 235 Å². The molecule has 0 spiro atoms. The molecule has 11 nitrogen and oxygen atoms in total. The summed E-state index contributed by atoms with van der Waals surface area (Å²) >= 11 is 6.07. The third-order valence-electron chi connectivity index (χ3n) is 6.65. The van der Waals surface area contributed by atoms with E-state index in [1.807, 2.05) is 12.1 Å². The first-order valence-electron chi connectivity index (χ1n) is 13.0. The van der Waals surface area contributed by atoms with Crippen molar-refractivity contribution in [3.63, 3.8) is 0 Å². The normalized spacial score (nSPS) is 20.6. The molecule has 5 N–H and O–H groups in total. The van der Waals surface area contributed by atoms with Gasteiger partial charge in [0.25, 0.3) is 0 Å². The van der Waals surface area contributed by atoms with Crippen LogP contribution in [0.3, 0.4) is 0 Å². The molecule has 40 heavy (non-hydrogen) atoms.